The molecular weight excluding hydrogens is 300 g/mol. The van der Waals surface area contributed by atoms with Gasteiger partial charge in [0.2, 0.25) is 0 Å². The molecule has 0 amide bonds. The number of hydrogen-bond acceptors (Lipinski definition) is 0. The summed E-state index contributed by atoms with van der Waals surface area (Å²) in [5.41, 5.74) is 1.03. The van der Waals surface area contributed by atoms with E-state index in [9.17, 15) is 0 Å². The van der Waals surface area contributed by atoms with Gasteiger partial charge in [-0.25, -0.2) is 0 Å². The lowest BCUT2D eigenvalue weighted by molar-refractivity contribution is -0.0318. The maximum absolute atomic E-state index is 4.10. The van der Waals surface area contributed by atoms with Crippen LogP contribution in [0.3, 0.4) is 0 Å². The quantitative estimate of drug-likeness (QED) is 0.310. The highest BCUT2D eigenvalue weighted by Crippen LogP contribution is 2.58. The first-order valence-corrected chi connectivity index (χ1v) is 11.2. The van der Waals surface area contributed by atoms with Crippen LogP contribution in [-0.2, 0) is 0 Å². The molecule has 0 aliphatic heterocycles. The summed E-state index contributed by atoms with van der Waals surface area (Å²) in [6.07, 6.45) is 13.5. The maximum Gasteiger partial charge on any atom is -0.0210 e. The van der Waals surface area contributed by atoms with Crippen LogP contribution < -0.4 is 0 Å². The zero-order valence-electron chi connectivity index (χ0n) is 18.8. The van der Waals surface area contributed by atoms with Crippen molar-refractivity contribution in [2.24, 2.45) is 40.4 Å². The van der Waals surface area contributed by atoms with Crippen molar-refractivity contribution in [2.45, 2.75) is 107 Å². The first-order chi connectivity index (χ1) is 11.6. The average Bonchev–Trinajstić information content (AvgIpc) is 2.56. The molecule has 0 N–H and O–H groups in total. The summed E-state index contributed by atoms with van der Waals surface area (Å²) in [7, 11) is 0. The van der Waals surface area contributed by atoms with Crippen LogP contribution in [0.5, 0.6) is 0 Å². The summed E-state index contributed by atoms with van der Waals surface area (Å²) < 4.78 is 0. The van der Waals surface area contributed by atoms with Crippen LogP contribution in [0, 0.1) is 40.4 Å². The Kier molecular flexibility index (Phi) is 8.76. The van der Waals surface area contributed by atoms with Crippen molar-refractivity contribution in [2.75, 3.05) is 0 Å². The van der Waals surface area contributed by atoms with Gasteiger partial charge in [0.05, 0.1) is 0 Å². The lowest BCUT2D eigenvalue weighted by Crippen LogP contribution is -2.44. The highest BCUT2D eigenvalue weighted by atomic mass is 14.5. The molecule has 5 atom stereocenters. The SMILES string of the molecule is C=CC(C)C(C)(CC)CC1(CCCC(CC(C)C)C(C)C)CCC1C. The Hall–Kier alpha value is -0.260. The highest BCUT2D eigenvalue weighted by molar-refractivity contribution is 5.00. The standard InChI is InChI=1S/C25H48/c1-10-21(7)24(9,11-2)18-25(16-14-22(25)8)15-12-13-23(20(5)6)17-19(3)4/h10,19-23H,1,11-18H2,2-9H3. The summed E-state index contributed by atoms with van der Waals surface area (Å²) in [5.74, 6) is 4.11. The van der Waals surface area contributed by atoms with Gasteiger partial charge in [0.1, 0.15) is 0 Å². The van der Waals surface area contributed by atoms with Crippen LogP contribution in [0.25, 0.3) is 0 Å². The average molecular weight is 349 g/mol. The van der Waals surface area contributed by atoms with Crippen molar-refractivity contribution in [3.63, 3.8) is 0 Å². The van der Waals surface area contributed by atoms with E-state index in [1.165, 1.54) is 51.4 Å². The molecule has 0 radical (unpaired) electrons. The third kappa shape index (κ3) is 5.86. The normalized spacial score (nSPS) is 28.5. The lowest BCUT2D eigenvalue weighted by Gasteiger charge is -2.54. The minimum atomic E-state index is 0.422. The molecule has 1 aliphatic rings. The molecule has 0 saturated heterocycles. The smallest absolute Gasteiger partial charge is 0.0210 e. The summed E-state index contributed by atoms with van der Waals surface area (Å²) in [6.45, 7) is 23.5. The second-order valence-corrected chi connectivity index (χ2v) is 10.5. The Labute approximate surface area is 160 Å². The summed E-state index contributed by atoms with van der Waals surface area (Å²) in [4.78, 5) is 0. The van der Waals surface area contributed by atoms with E-state index in [1.54, 1.807) is 0 Å². The summed E-state index contributed by atoms with van der Waals surface area (Å²) in [6, 6.07) is 0. The number of rotatable bonds is 12. The van der Waals surface area contributed by atoms with E-state index in [4.69, 9.17) is 0 Å². The Morgan fingerprint density at radius 3 is 2.20 bits per heavy atom. The molecule has 148 valence electrons. The maximum atomic E-state index is 4.10. The Morgan fingerprint density at radius 1 is 1.20 bits per heavy atom. The molecule has 1 fully saturated rings. The Balaban J connectivity index is 2.72. The molecule has 1 aliphatic carbocycles. The topological polar surface area (TPSA) is 0 Å². The molecule has 0 aromatic heterocycles. The molecule has 0 spiro atoms. The molecule has 1 rings (SSSR count). The van der Waals surface area contributed by atoms with Gasteiger partial charge in [0.25, 0.3) is 0 Å². The van der Waals surface area contributed by atoms with Crippen molar-refractivity contribution >= 4 is 0 Å². The van der Waals surface area contributed by atoms with Crippen molar-refractivity contribution in [3.05, 3.63) is 12.7 Å². The minimum absolute atomic E-state index is 0.422. The Bertz CT molecular complexity index is 393. The van der Waals surface area contributed by atoms with E-state index >= 15 is 0 Å². The van der Waals surface area contributed by atoms with Crippen molar-refractivity contribution in [1.29, 1.82) is 0 Å². The van der Waals surface area contributed by atoms with Crippen LogP contribution in [-0.4, -0.2) is 0 Å². The molecule has 0 heterocycles. The van der Waals surface area contributed by atoms with E-state index in [-0.39, 0.29) is 0 Å². The zero-order chi connectivity index (χ0) is 19.3. The molecule has 5 unspecified atom stereocenters. The fraction of sp³-hybridized carbons (Fsp3) is 0.920. The molecule has 0 heteroatoms. The summed E-state index contributed by atoms with van der Waals surface area (Å²) in [5, 5.41) is 0. The fourth-order valence-corrected chi connectivity index (χ4v) is 5.31. The number of hydrogen-bond donors (Lipinski definition) is 0. The van der Waals surface area contributed by atoms with Crippen LogP contribution >= 0.6 is 0 Å². The second kappa shape index (κ2) is 9.61. The molecule has 25 heavy (non-hydrogen) atoms. The molecule has 0 aromatic carbocycles. The van der Waals surface area contributed by atoms with E-state index < -0.39 is 0 Å². The molecular formula is C25H48. The predicted molar refractivity (Wildman–Crippen MR) is 115 cm³/mol. The van der Waals surface area contributed by atoms with Crippen LogP contribution in [0.1, 0.15) is 107 Å². The van der Waals surface area contributed by atoms with Gasteiger partial charge in [-0.3, -0.25) is 0 Å². The first-order valence-electron chi connectivity index (χ1n) is 11.2. The lowest BCUT2D eigenvalue weighted by atomic mass is 9.51. The molecule has 0 aromatic rings. The molecule has 0 bridgehead atoms. The van der Waals surface area contributed by atoms with E-state index in [1.807, 2.05) is 0 Å². The van der Waals surface area contributed by atoms with E-state index in [0.717, 1.165) is 23.7 Å². The van der Waals surface area contributed by atoms with Crippen LogP contribution in [0.2, 0.25) is 0 Å². The monoisotopic (exact) mass is 348 g/mol. The third-order valence-electron chi connectivity index (χ3n) is 8.10. The van der Waals surface area contributed by atoms with Crippen molar-refractivity contribution in [1.82, 2.24) is 0 Å². The largest absolute Gasteiger partial charge is 0.103 e. The van der Waals surface area contributed by atoms with Crippen LogP contribution in [0.4, 0.5) is 0 Å². The third-order valence-corrected chi connectivity index (χ3v) is 8.10. The first kappa shape index (κ1) is 22.8. The molecule has 1 saturated carbocycles. The van der Waals surface area contributed by atoms with Gasteiger partial charge in [0, 0.05) is 0 Å². The zero-order valence-corrected chi connectivity index (χ0v) is 18.8. The van der Waals surface area contributed by atoms with Gasteiger partial charge in [-0.15, -0.1) is 6.58 Å². The fourth-order valence-electron chi connectivity index (χ4n) is 5.31. The van der Waals surface area contributed by atoms with E-state index in [0.29, 0.717) is 16.7 Å². The van der Waals surface area contributed by atoms with E-state index in [2.05, 4.69) is 68.0 Å². The Morgan fingerprint density at radius 2 is 1.84 bits per heavy atom. The van der Waals surface area contributed by atoms with Gasteiger partial charge >= 0.3 is 0 Å². The van der Waals surface area contributed by atoms with Gasteiger partial charge in [-0.2, -0.15) is 0 Å². The van der Waals surface area contributed by atoms with Gasteiger partial charge in [0.15, 0.2) is 0 Å². The van der Waals surface area contributed by atoms with Gasteiger partial charge < -0.3 is 0 Å². The van der Waals surface area contributed by atoms with Crippen LogP contribution in [0.15, 0.2) is 12.7 Å². The molecule has 0 nitrogen and oxygen atoms in total. The highest BCUT2D eigenvalue weighted by Gasteiger charge is 2.47. The van der Waals surface area contributed by atoms with Gasteiger partial charge in [-0.1, -0.05) is 80.7 Å². The minimum Gasteiger partial charge on any atom is -0.103 e. The van der Waals surface area contributed by atoms with Gasteiger partial charge in [-0.05, 0) is 72.5 Å². The second-order valence-electron chi connectivity index (χ2n) is 10.5. The van der Waals surface area contributed by atoms with Crippen molar-refractivity contribution in [3.8, 4) is 0 Å². The van der Waals surface area contributed by atoms with Crippen molar-refractivity contribution < 1.29 is 0 Å². The summed E-state index contributed by atoms with van der Waals surface area (Å²) >= 11 is 0. The number of allylic oxidation sites excluding steroid dienone is 1. The predicted octanol–water partition coefficient (Wildman–Crippen LogP) is 8.52.